The maximum atomic E-state index is 12.7. The summed E-state index contributed by atoms with van der Waals surface area (Å²) < 4.78 is 5.05. The smallest absolute Gasteiger partial charge is 0.347 e. The number of fused-ring (bicyclic) bond motifs is 6. The summed E-state index contributed by atoms with van der Waals surface area (Å²) in [5.74, 6) is -1.16. The zero-order valence-electron chi connectivity index (χ0n) is 15.3. The number of cyclic esters (lactones) is 2. The van der Waals surface area contributed by atoms with Crippen LogP contribution in [0.4, 0.5) is 0 Å². The predicted octanol–water partition coefficient (Wildman–Crippen LogP) is 6.12. The van der Waals surface area contributed by atoms with Gasteiger partial charge in [-0.25, -0.2) is 9.59 Å². The molecular formula is C26H14O3. The van der Waals surface area contributed by atoms with Gasteiger partial charge in [0.1, 0.15) is 0 Å². The molecular weight excluding hydrogens is 360 g/mol. The Morgan fingerprint density at radius 1 is 0.483 bits per heavy atom. The monoisotopic (exact) mass is 374 g/mol. The average Bonchev–Trinajstić information content (AvgIpc) is 3.07. The maximum absolute atomic E-state index is 12.7. The maximum Gasteiger partial charge on any atom is 0.347 e. The van der Waals surface area contributed by atoms with Crippen molar-refractivity contribution in [2.45, 2.75) is 0 Å². The minimum Gasteiger partial charge on any atom is -0.386 e. The van der Waals surface area contributed by atoms with E-state index in [0.717, 1.165) is 43.4 Å². The molecule has 0 spiro atoms. The SMILES string of the molecule is O=C1OC(=O)c2c1c(-c1cccc3ccccc13)cc1c2ccc2ccccc21. The van der Waals surface area contributed by atoms with Gasteiger partial charge in [-0.1, -0.05) is 78.9 Å². The molecule has 5 aromatic rings. The van der Waals surface area contributed by atoms with Crippen molar-refractivity contribution in [3.05, 3.63) is 96.1 Å². The third-order valence-corrected chi connectivity index (χ3v) is 5.72. The van der Waals surface area contributed by atoms with Crippen molar-refractivity contribution in [2.75, 3.05) is 0 Å². The highest BCUT2D eigenvalue weighted by Gasteiger charge is 2.35. The van der Waals surface area contributed by atoms with Gasteiger partial charge in [0.25, 0.3) is 0 Å². The van der Waals surface area contributed by atoms with Crippen molar-refractivity contribution < 1.29 is 14.3 Å². The van der Waals surface area contributed by atoms with Crippen molar-refractivity contribution in [1.29, 1.82) is 0 Å². The number of hydrogen-bond donors (Lipinski definition) is 0. The van der Waals surface area contributed by atoms with E-state index in [0.29, 0.717) is 11.1 Å². The number of carbonyl (C=O) groups is 2. The van der Waals surface area contributed by atoms with Crippen LogP contribution in [-0.4, -0.2) is 11.9 Å². The molecule has 0 amide bonds. The van der Waals surface area contributed by atoms with Crippen LogP contribution in [0.5, 0.6) is 0 Å². The minimum absolute atomic E-state index is 0.356. The summed E-state index contributed by atoms with van der Waals surface area (Å²) in [5.41, 5.74) is 2.37. The third kappa shape index (κ3) is 2.18. The first kappa shape index (κ1) is 16.0. The van der Waals surface area contributed by atoms with Gasteiger partial charge in [0.2, 0.25) is 0 Å². The highest BCUT2D eigenvalue weighted by molar-refractivity contribution is 6.27. The Morgan fingerprint density at radius 3 is 1.97 bits per heavy atom. The lowest BCUT2D eigenvalue weighted by atomic mass is 9.88. The second kappa shape index (κ2) is 5.76. The largest absolute Gasteiger partial charge is 0.386 e. The molecule has 3 heteroatoms. The van der Waals surface area contributed by atoms with Crippen molar-refractivity contribution >= 4 is 44.3 Å². The summed E-state index contributed by atoms with van der Waals surface area (Å²) in [5, 5.41) is 5.93. The Labute approximate surface area is 166 Å². The number of ether oxygens (including phenoxy) is 1. The Morgan fingerprint density at radius 2 is 1.14 bits per heavy atom. The molecule has 136 valence electrons. The Hall–Kier alpha value is -3.98. The van der Waals surface area contributed by atoms with Gasteiger partial charge in [0, 0.05) is 0 Å². The van der Waals surface area contributed by atoms with E-state index in [2.05, 4.69) is 0 Å². The molecule has 29 heavy (non-hydrogen) atoms. The normalized spacial score (nSPS) is 13.2. The van der Waals surface area contributed by atoms with Crippen LogP contribution >= 0.6 is 0 Å². The average molecular weight is 374 g/mol. The molecule has 0 atom stereocenters. The van der Waals surface area contributed by atoms with Crippen LogP contribution in [0.2, 0.25) is 0 Å². The molecule has 1 aliphatic heterocycles. The Kier molecular flexibility index (Phi) is 3.18. The second-order valence-corrected chi connectivity index (χ2v) is 7.26. The van der Waals surface area contributed by atoms with Crippen LogP contribution in [0.25, 0.3) is 43.4 Å². The molecule has 0 unspecified atom stereocenters. The van der Waals surface area contributed by atoms with E-state index >= 15 is 0 Å². The molecule has 0 saturated carbocycles. The quantitative estimate of drug-likeness (QED) is 0.202. The van der Waals surface area contributed by atoms with E-state index in [1.54, 1.807) is 0 Å². The standard InChI is InChI=1S/C26H14O3/c27-25-23-20-13-12-16-7-2-4-10-18(16)21(20)14-22(24(23)26(28)29-25)19-11-5-8-15-6-1-3-9-17(15)19/h1-14H. The van der Waals surface area contributed by atoms with Crippen LogP contribution in [0.1, 0.15) is 20.7 Å². The Balaban J connectivity index is 1.84. The fourth-order valence-corrected chi connectivity index (χ4v) is 4.44. The van der Waals surface area contributed by atoms with Gasteiger partial charge in [-0.15, -0.1) is 0 Å². The summed E-state index contributed by atoms with van der Waals surface area (Å²) in [6, 6.07) is 28.0. The lowest BCUT2D eigenvalue weighted by Gasteiger charge is -2.13. The van der Waals surface area contributed by atoms with Gasteiger partial charge >= 0.3 is 11.9 Å². The lowest BCUT2D eigenvalue weighted by Crippen LogP contribution is -1.99. The topological polar surface area (TPSA) is 43.4 Å². The highest BCUT2D eigenvalue weighted by Crippen LogP contribution is 2.41. The van der Waals surface area contributed by atoms with Gasteiger partial charge in [-0.05, 0) is 49.5 Å². The van der Waals surface area contributed by atoms with Crippen LogP contribution in [0, 0.1) is 0 Å². The molecule has 1 heterocycles. The highest BCUT2D eigenvalue weighted by atomic mass is 16.6. The van der Waals surface area contributed by atoms with Crippen molar-refractivity contribution in [3.63, 3.8) is 0 Å². The zero-order valence-corrected chi connectivity index (χ0v) is 15.3. The summed E-state index contributed by atoms with van der Waals surface area (Å²) in [6.07, 6.45) is 0. The molecule has 0 saturated heterocycles. The second-order valence-electron chi connectivity index (χ2n) is 7.26. The van der Waals surface area contributed by atoms with E-state index in [-0.39, 0.29) is 0 Å². The number of hydrogen-bond acceptors (Lipinski definition) is 3. The summed E-state index contributed by atoms with van der Waals surface area (Å²) >= 11 is 0. The van der Waals surface area contributed by atoms with Crippen molar-refractivity contribution in [2.24, 2.45) is 0 Å². The van der Waals surface area contributed by atoms with Gasteiger partial charge in [0.15, 0.2) is 0 Å². The molecule has 3 nitrogen and oxygen atoms in total. The molecule has 0 aromatic heterocycles. The first-order valence-corrected chi connectivity index (χ1v) is 9.45. The van der Waals surface area contributed by atoms with Crippen LogP contribution < -0.4 is 0 Å². The van der Waals surface area contributed by atoms with E-state index < -0.39 is 11.9 Å². The van der Waals surface area contributed by atoms with Crippen LogP contribution in [-0.2, 0) is 4.74 Å². The molecule has 6 rings (SSSR count). The number of benzene rings is 5. The predicted molar refractivity (Wildman–Crippen MR) is 114 cm³/mol. The molecule has 0 aliphatic carbocycles. The van der Waals surface area contributed by atoms with E-state index in [4.69, 9.17) is 4.74 Å². The molecule has 1 aliphatic rings. The fourth-order valence-electron chi connectivity index (χ4n) is 4.44. The molecule has 0 fully saturated rings. The third-order valence-electron chi connectivity index (χ3n) is 5.72. The molecule has 5 aromatic carbocycles. The number of esters is 2. The van der Waals surface area contributed by atoms with Crippen LogP contribution in [0.3, 0.4) is 0 Å². The van der Waals surface area contributed by atoms with E-state index in [1.165, 1.54) is 0 Å². The van der Waals surface area contributed by atoms with Gasteiger partial charge in [0.05, 0.1) is 11.1 Å². The number of carbonyl (C=O) groups excluding carboxylic acids is 2. The first-order chi connectivity index (χ1) is 14.2. The van der Waals surface area contributed by atoms with Gasteiger partial charge < -0.3 is 4.74 Å². The van der Waals surface area contributed by atoms with E-state index in [1.807, 2.05) is 84.9 Å². The van der Waals surface area contributed by atoms with E-state index in [9.17, 15) is 9.59 Å². The first-order valence-electron chi connectivity index (χ1n) is 9.45. The number of rotatable bonds is 1. The van der Waals surface area contributed by atoms with Crippen LogP contribution in [0.15, 0.2) is 84.9 Å². The van der Waals surface area contributed by atoms with Crippen molar-refractivity contribution in [3.8, 4) is 11.1 Å². The summed E-state index contributed by atoms with van der Waals surface area (Å²) in [7, 11) is 0. The molecule has 0 N–H and O–H groups in total. The summed E-state index contributed by atoms with van der Waals surface area (Å²) in [6.45, 7) is 0. The minimum atomic E-state index is -0.581. The molecule has 0 bridgehead atoms. The van der Waals surface area contributed by atoms with Gasteiger partial charge in [-0.3, -0.25) is 0 Å². The Bertz CT molecular complexity index is 1510. The molecule has 0 radical (unpaired) electrons. The van der Waals surface area contributed by atoms with Gasteiger partial charge in [-0.2, -0.15) is 0 Å². The fraction of sp³-hybridized carbons (Fsp3) is 0. The summed E-state index contributed by atoms with van der Waals surface area (Å²) in [4.78, 5) is 25.3. The zero-order chi connectivity index (χ0) is 19.5. The lowest BCUT2D eigenvalue weighted by molar-refractivity contribution is 0.0445. The van der Waals surface area contributed by atoms with Crippen molar-refractivity contribution in [1.82, 2.24) is 0 Å².